The molecular formula is C26H28ClF3N2O5. The van der Waals surface area contributed by atoms with Gasteiger partial charge >= 0.3 is 6.36 Å². The lowest BCUT2D eigenvalue weighted by Crippen LogP contribution is -2.52. The van der Waals surface area contributed by atoms with Crippen molar-refractivity contribution in [3.8, 4) is 11.5 Å². The zero-order valence-corrected chi connectivity index (χ0v) is 20.9. The number of carbonyl (C=O) groups is 2. The summed E-state index contributed by atoms with van der Waals surface area (Å²) in [4.78, 5) is 29.9. The van der Waals surface area contributed by atoms with Gasteiger partial charge in [0, 0.05) is 48.6 Å². The highest BCUT2D eigenvalue weighted by molar-refractivity contribution is 6.30. The van der Waals surface area contributed by atoms with Gasteiger partial charge in [-0.3, -0.25) is 9.59 Å². The van der Waals surface area contributed by atoms with E-state index in [-0.39, 0.29) is 37.0 Å². The molecule has 2 fully saturated rings. The fraction of sp³-hybridized carbons (Fsp3) is 0.462. The minimum absolute atomic E-state index is 0.0223. The van der Waals surface area contributed by atoms with E-state index in [9.17, 15) is 22.8 Å². The summed E-state index contributed by atoms with van der Waals surface area (Å²) in [7, 11) is 0. The molecule has 2 aliphatic heterocycles. The van der Waals surface area contributed by atoms with Crippen LogP contribution in [-0.2, 0) is 9.53 Å². The zero-order chi connectivity index (χ0) is 26.5. The lowest BCUT2D eigenvalue weighted by atomic mass is 9.77. The van der Waals surface area contributed by atoms with Crippen molar-refractivity contribution in [3.05, 3.63) is 59.1 Å². The first-order valence-electron chi connectivity index (χ1n) is 12.0. The van der Waals surface area contributed by atoms with E-state index in [4.69, 9.17) is 21.1 Å². The van der Waals surface area contributed by atoms with Gasteiger partial charge in [0.05, 0.1) is 19.8 Å². The van der Waals surface area contributed by atoms with Crippen LogP contribution in [0.2, 0.25) is 5.02 Å². The molecule has 2 aliphatic rings. The van der Waals surface area contributed by atoms with Gasteiger partial charge in [-0.2, -0.15) is 0 Å². The number of amides is 2. The fourth-order valence-corrected chi connectivity index (χ4v) is 4.81. The normalized spacial score (nSPS) is 20.4. The molecule has 11 heteroatoms. The summed E-state index contributed by atoms with van der Waals surface area (Å²) in [5, 5.41) is 0.575. The topological polar surface area (TPSA) is 68.3 Å². The highest BCUT2D eigenvalue weighted by Crippen LogP contribution is 2.36. The summed E-state index contributed by atoms with van der Waals surface area (Å²) in [6.45, 7) is 2.96. The van der Waals surface area contributed by atoms with Crippen LogP contribution >= 0.6 is 11.6 Å². The predicted octanol–water partition coefficient (Wildman–Crippen LogP) is 4.79. The van der Waals surface area contributed by atoms with Crippen LogP contribution in [0.1, 0.15) is 29.6 Å². The second-order valence-electron chi connectivity index (χ2n) is 9.31. The largest absolute Gasteiger partial charge is 0.573 e. The Bertz CT molecular complexity index is 1080. The van der Waals surface area contributed by atoms with Crippen molar-refractivity contribution in [1.82, 2.24) is 9.80 Å². The molecule has 4 rings (SSSR count). The van der Waals surface area contributed by atoms with Crippen LogP contribution < -0.4 is 9.47 Å². The Kier molecular flexibility index (Phi) is 8.49. The van der Waals surface area contributed by atoms with Crippen LogP contribution in [0.25, 0.3) is 0 Å². The minimum atomic E-state index is -4.81. The van der Waals surface area contributed by atoms with E-state index in [1.54, 1.807) is 34.1 Å². The van der Waals surface area contributed by atoms with Gasteiger partial charge in [-0.25, -0.2) is 0 Å². The van der Waals surface area contributed by atoms with Crippen molar-refractivity contribution >= 4 is 23.4 Å². The van der Waals surface area contributed by atoms with Gasteiger partial charge < -0.3 is 24.0 Å². The Morgan fingerprint density at radius 1 is 0.946 bits per heavy atom. The first-order chi connectivity index (χ1) is 17.6. The van der Waals surface area contributed by atoms with Crippen LogP contribution in [0.5, 0.6) is 11.5 Å². The molecular weight excluding hydrogens is 513 g/mol. The number of piperidine rings is 1. The second-order valence-corrected chi connectivity index (χ2v) is 9.75. The Morgan fingerprint density at radius 3 is 2.24 bits per heavy atom. The molecule has 7 nitrogen and oxygen atoms in total. The molecule has 1 atom stereocenters. The predicted molar refractivity (Wildman–Crippen MR) is 130 cm³/mol. The van der Waals surface area contributed by atoms with Gasteiger partial charge in [-0.1, -0.05) is 11.6 Å². The molecule has 0 aliphatic carbocycles. The summed E-state index contributed by atoms with van der Waals surface area (Å²) in [5.41, 5.74) is -0.397. The Labute approximate surface area is 218 Å². The summed E-state index contributed by atoms with van der Waals surface area (Å²) >= 11 is 5.97. The molecule has 0 radical (unpaired) electrons. The molecule has 2 aromatic carbocycles. The summed E-state index contributed by atoms with van der Waals surface area (Å²) < 4.78 is 52.8. The van der Waals surface area contributed by atoms with Gasteiger partial charge in [0.15, 0.2) is 0 Å². The van der Waals surface area contributed by atoms with E-state index in [2.05, 4.69) is 4.74 Å². The van der Waals surface area contributed by atoms with Gasteiger partial charge in [0.1, 0.15) is 11.5 Å². The first-order valence-corrected chi connectivity index (χ1v) is 12.4. The van der Waals surface area contributed by atoms with Gasteiger partial charge in [0.2, 0.25) is 5.91 Å². The second kappa shape index (κ2) is 11.6. The molecule has 0 spiro atoms. The molecule has 0 unspecified atom stereocenters. The van der Waals surface area contributed by atoms with Crippen molar-refractivity contribution in [2.24, 2.45) is 5.41 Å². The number of likely N-dealkylation sites (tertiary alicyclic amines) is 1. The monoisotopic (exact) mass is 540 g/mol. The molecule has 2 heterocycles. The maximum absolute atomic E-state index is 13.3. The lowest BCUT2D eigenvalue weighted by Gasteiger charge is -2.43. The number of hydrogen-bond acceptors (Lipinski definition) is 5. The van der Waals surface area contributed by atoms with Crippen LogP contribution in [0.4, 0.5) is 13.2 Å². The standard InChI is InChI=1S/C26H28ClF3N2O5/c27-20-4-8-21(9-5-20)36-18-25(16-23(33)31-12-14-35-15-13-31)10-1-11-32(17-25)24(34)19-2-6-22(7-3-19)37-26(28,29)30/h2-9H,1,10-18H2/t25-/m1/s1. The fourth-order valence-electron chi connectivity index (χ4n) is 4.69. The van der Waals surface area contributed by atoms with E-state index in [1.165, 1.54) is 12.1 Å². The van der Waals surface area contributed by atoms with Crippen LogP contribution in [0.15, 0.2) is 48.5 Å². The number of rotatable bonds is 7. The number of morpholine rings is 1. The summed E-state index contributed by atoms with van der Waals surface area (Å²) in [6.07, 6.45) is -3.28. The number of alkyl halides is 3. The van der Waals surface area contributed by atoms with E-state index < -0.39 is 17.5 Å². The highest BCUT2D eigenvalue weighted by atomic mass is 35.5. The minimum Gasteiger partial charge on any atom is -0.493 e. The molecule has 0 aromatic heterocycles. The number of halogens is 4. The van der Waals surface area contributed by atoms with Gasteiger partial charge in [-0.05, 0) is 61.4 Å². The number of carbonyl (C=O) groups excluding carboxylic acids is 2. The summed E-state index contributed by atoms with van der Waals surface area (Å²) in [5.74, 6) is -0.144. The quantitative estimate of drug-likeness (QED) is 0.505. The zero-order valence-electron chi connectivity index (χ0n) is 20.1. The number of hydrogen-bond donors (Lipinski definition) is 0. The van der Waals surface area contributed by atoms with E-state index in [0.717, 1.165) is 12.1 Å². The molecule has 200 valence electrons. The van der Waals surface area contributed by atoms with Crippen LogP contribution in [0.3, 0.4) is 0 Å². The van der Waals surface area contributed by atoms with Crippen molar-refractivity contribution < 1.29 is 37.0 Å². The number of nitrogens with zero attached hydrogens (tertiary/aromatic N) is 2. The van der Waals surface area contributed by atoms with Crippen molar-refractivity contribution in [2.75, 3.05) is 46.0 Å². The molecule has 0 N–H and O–H groups in total. The van der Waals surface area contributed by atoms with E-state index in [0.29, 0.717) is 56.5 Å². The molecule has 37 heavy (non-hydrogen) atoms. The van der Waals surface area contributed by atoms with Crippen molar-refractivity contribution in [1.29, 1.82) is 0 Å². The molecule has 2 aromatic rings. The number of benzene rings is 2. The summed E-state index contributed by atoms with van der Waals surface area (Å²) in [6, 6.07) is 11.8. The maximum atomic E-state index is 13.3. The average Bonchev–Trinajstić information content (AvgIpc) is 2.88. The SMILES string of the molecule is O=C(C[C@]1(COc2ccc(Cl)cc2)CCCN(C(=O)c2ccc(OC(F)(F)F)cc2)C1)N1CCOCC1. The Balaban J connectivity index is 1.50. The molecule has 0 bridgehead atoms. The highest BCUT2D eigenvalue weighted by Gasteiger charge is 2.41. The molecule has 2 saturated heterocycles. The van der Waals surface area contributed by atoms with E-state index in [1.807, 2.05) is 0 Å². The van der Waals surface area contributed by atoms with Crippen molar-refractivity contribution in [3.63, 3.8) is 0 Å². The maximum Gasteiger partial charge on any atom is 0.573 e. The lowest BCUT2D eigenvalue weighted by molar-refractivity contribution is -0.274. The van der Waals surface area contributed by atoms with Gasteiger partial charge in [0.25, 0.3) is 5.91 Å². The first kappa shape index (κ1) is 27.1. The number of ether oxygens (including phenoxy) is 3. The third-order valence-electron chi connectivity index (χ3n) is 6.53. The third kappa shape index (κ3) is 7.52. The van der Waals surface area contributed by atoms with Crippen LogP contribution in [-0.4, -0.2) is 74.0 Å². The van der Waals surface area contributed by atoms with Crippen molar-refractivity contribution in [2.45, 2.75) is 25.6 Å². The molecule has 0 saturated carbocycles. The van der Waals surface area contributed by atoms with E-state index >= 15 is 0 Å². The van der Waals surface area contributed by atoms with Crippen LogP contribution in [0, 0.1) is 5.41 Å². The average molecular weight is 541 g/mol. The third-order valence-corrected chi connectivity index (χ3v) is 6.78. The molecule has 2 amide bonds. The Hall–Kier alpha value is -2.98. The van der Waals surface area contributed by atoms with Gasteiger partial charge in [-0.15, -0.1) is 13.2 Å². The smallest absolute Gasteiger partial charge is 0.493 e. The Morgan fingerprint density at radius 2 is 1.59 bits per heavy atom.